The van der Waals surface area contributed by atoms with Crippen LogP contribution in [0.4, 0.5) is 17.1 Å². The van der Waals surface area contributed by atoms with Crippen LogP contribution in [0, 0.1) is 0 Å². The highest BCUT2D eigenvalue weighted by atomic mass is 15.2. The van der Waals surface area contributed by atoms with Gasteiger partial charge in [-0.2, -0.15) is 0 Å². The summed E-state index contributed by atoms with van der Waals surface area (Å²) in [5, 5.41) is 15.0. The fourth-order valence-corrected chi connectivity index (χ4v) is 9.57. The lowest BCUT2D eigenvalue weighted by atomic mass is 9.90. The molecule has 11 aromatic carbocycles. The van der Waals surface area contributed by atoms with Crippen molar-refractivity contribution in [2.24, 2.45) is 4.99 Å². The number of rotatable bonds is 4. The molecule has 1 aliphatic rings. The zero-order valence-electron chi connectivity index (χ0n) is 31.7. The minimum Gasteiger partial charge on any atom is -0.334 e. The maximum absolute atomic E-state index is 5.15. The minimum atomic E-state index is 0.678. The SMILES string of the molecule is C1=Nc2c(c3cc(-c4cccc(-c5cc6ccccc6c6ccccc56)c4)ccc3c3ccccc23)N(c2cccc(-c3cc4ccccc4c4ccccc34)c2)C1. The number of fused-ring (bicyclic) bond motifs is 12. The molecule has 2 nitrogen and oxygen atoms in total. The van der Waals surface area contributed by atoms with Gasteiger partial charge in [-0.25, -0.2) is 0 Å². The second-order valence-electron chi connectivity index (χ2n) is 15.4. The van der Waals surface area contributed by atoms with Crippen LogP contribution in [0.1, 0.15) is 0 Å². The average Bonchev–Trinajstić information content (AvgIpc) is 3.31. The molecule has 11 aromatic rings. The Bertz CT molecular complexity index is 3500. The van der Waals surface area contributed by atoms with Gasteiger partial charge in [-0.3, -0.25) is 4.99 Å². The molecule has 12 rings (SSSR count). The highest BCUT2D eigenvalue weighted by Gasteiger charge is 2.24. The van der Waals surface area contributed by atoms with E-state index >= 15 is 0 Å². The molecule has 0 aliphatic carbocycles. The first-order valence-corrected chi connectivity index (χ1v) is 20.1. The van der Waals surface area contributed by atoms with Crippen LogP contribution in [0.3, 0.4) is 0 Å². The monoisotopic (exact) mass is 736 g/mol. The molecule has 0 saturated heterocycles. The first kappa shape index (κ1) is 32.7. The van der Waals surface area contributed by atoms with Crippen LogP contribution in [-0.2, 0) is 0 Å². The summed E-state index contributed by atoms with van der Waals surface area (Å²) in [7, 11) is 0. The predicted octanol–water partition coefficient (Wildman–Crippen LogP) is 15.5. The summed E-state index contributed by atoms with van der Waals surface area (Å²) in [6.45, 7) is 0.678. The number of anilines is 2. The van der Waals surface area contributed by atoms with E-state index in [0.29, 0.717) is 6.54 Å². The van der Waals surface area contributed by atoms with E-state index in [1.54, 1.807) is 0 Å². The predicted molar refractivity (Wildman–Crippen MR) is 249 cm³/mol. The molecule has 270 valence electrons. The molecule has 58 heavy (non-hydrogen) atoms. The van der Waals surface area contributed by atoms with Crippen LogP contribution in [0.25, 0.3) is 98.0 Å². The highest BCUT2D eigenvalue weighted by molar-refractivity contribution is 6.22. The fraction of sp³-hybridized carbons (Fsp3) is 0.0179. The number of hydrogen-bond acceptors (Lipinski definition) is 2. The van der Waals surface area contributed by atoms with E-state index < -0.39 is 0 Å². The average molecular weight is 737 g/mol. The normalized spacial score (nSPS) is 12.7. The Labute approximate surface area is 336 Å². The summed E-state index contributed by atoms with van der Waals surface area (Å²) in [4.78, 5) is 7.61. The molecule has 0 amide bonds. The third-order valence-corrected chi connectivity index (χ3v) is 12.2. The summed E-state index contributed by atoms with van der Waals surface area (Å²) >= 11 is 0. The molecule has 1 aliphatic heterocycles. The van der Waals surface area contributed by atoms with Gasteiger partial charge < -0.3 is 4.90 Å². The highest BCUT2D eigenvalue weighted by Crippen LogP contribution is 2.49. The standard InChI is InChI=1S/C56H36N2/c1-3-19-43-40(13-1)34-52(48-24-7-5-21-45(43)48)38-16-11-15-36(31-38)37-27-28-50-47-23-9-10-26-51(47)55-56(54(50)33-37)58(30-29-57-55)42-18-12-17-39(32-42)53-35-41-14-2-4-20-44(41)46-22-6-8-25-49(46)53/h1-29,31-35H,30H2. The van der Waals surface area contributed by atoms with Crippen molar-refractivity contribution in [1.29, 1.82) is 0 Å². The van der Waals surface area contributed by atoms with Crippen molar-refractivity contribution < 1.29 is 0 Å². The van der Waals surface area contributed by atoms with Crippen LogP contribution in [0.15, 0.2) is 205 Å². The van der Waals surface area contributed by atoms with Crippen LogP contribution in [0.2, 0.25) is 0 Å². The second kappa shape index (κ2) is 13.0. The Kier molecular flexibility index (Phi) is 7.33. The maximum Gasteiger partial charge on any atom is 0.0948 e. The van der Waals surface area contributed by atoms with Gasteiger partial charge in [-0.15, -0.1) is 0 Å². The summed E-state index contributed by atoms with van der Waals surface area (Å²) in [6, 6.07) is 73.6. The first-order chi connectivity index (χ1) is 28.8. The molecule has 0 aromatic heterocycles. The van der Waals surface area contributed by atoms with Gasteiger partial charge in [0.1, 0.15) is 0 Å². The lowest BCUT2D eigenvalue weighted by molar-refractivity contribution is 1.13. The number of hydrogen-bond donors (Lipinski definition) is 0. The zero-order chi connectivity index (χ0) is 38.2. The summed E-state index contributed by atoms with van der Waals surface area (Å²) in [5.74, 6) is 0. The third-order valence-electron chi connectivity index (χ3n) is 12.2. The van der Waals surface area contributed by atoms with Crippen molar-refractivity contribution in [2.75, 3.05) is 11.4 Å². The molecule has 0 unspecified atom stereocenters. The van der Waals surface area contributed by atoms with Gasteiger partial charge in [0, 0.05) is 22.7 Å². The van der Waals surface area contributed by atoms with Gasteiger partial charge in [0.25, 0.3) is 0 Å². The molecule has 0 radical (unpaired) electrons. The fourth-order valence-electron chi connectivity index (χ4n) is 9.57. The number of nitrogens with zero attached hydrogens (tertiary/aromatic N) is 2. The lowest BCUT2D eigenvalue weighted by Crippen LogP contribution is -2.22. The number of benzene rings is 11. The van der Waals surface area contributed by atoms with E-state index in [0.717, 1.165) is 17.1 Å². The molecule has 0 fully saturated rings. The molecule has 0 saturated carbocycles. The Morgan fingerprint density at radius 1 is 0.328 bits per heavy atom. The summed E-state index contributed by atoms with van der Waals surface area (Å²) in [5.41, 5.74) is 10.6. The Balaban J connectivity index is 1.04. The van der Waals surface area contributed by atoms with E-state index in [2.05, 4.69) is 211 Å². The second-order valence-corrected chi connectivity index (χ2v) is 15.4. The van der Waals surface area contributed by atoms with Gasteiger partial charge in [-0.05, 0) is 124 Å². The quantitative estimate of drug-likeness (QED) is 0.164. The minimum absolute atomic E-state index is 0.678. The van der Waals surface area contributed by atoms with Crippen LogP contribution >= 0.6 is 0 Å². The van der Waals surface area contributed by atoms with E-state index in [-0.39, 0.29) is 0 Å². The maximum atomic E-state index is 5.15. The number of aliphatic imine (C=N–C) groups is 1. The van der Waals surface area contributed by atoms with Crippen molar-refractivity contribution in [3.63, 3.8) is 0 Å². The van der Waals surface area contributed by atoms with Crippen LogP contribution < -0.4 is 4.90 Å². The lowest BCUT2D eigenvalue weighted by Gasteiger charge is -2.31. The molecule has 0 spiro atoms. The van der Waals surface area contributed by atoms with E-state index in [1.165, 1.54) is 98.0 Å². The molecule has 0 N–H and O–H groups in total. The molecular weight excluding hydrogens is 701 g/mol. The van der Waals surface area contributed by atoms with E-state index in [1.807, 2.05) is 0 Å². The first-order valence-electron chi connectivity index (χ1n) is 20.1. The van der Waals surface area contributed by atoms with E-state index in [9.17, 15) is 0 Å². The van der Waals surface area contributed by atoms with Crippen LogP contribution in [-0.4, -0.2) is 12.8 Å². The Hall–Kier alpha value is -7.55. The topological polar surface area (TPSA) is 15.6 Å². The molecular formula is C56H36N2. The summed E-state index contributed by atoms with van der Waals surface area (Å²) < 4.78 is 0. The molecule has 1 heterocycles. The largest absolute Gasteiger partial charge is 0.334 e. The molecule has 0 atom stereocenters. The molecule has 2 heteroatoms. The smallest absolute Gasteiger partial charge is 0.0948 e. The van der Waals surface area contributed by atoms with Gasteiger partial charge in [0.2, 0.25) is 0 Å². The van der Waals surface area contributed by atoms with Gasteiger partial charge in [-0.1, -0.05) is 164 Å². The van der Waals surface area contributed by atoms with Crippen LogP contribution in [0.5, 0.6) is 0 Å². The zero-order valence-corrected chi connectivity index (χ0v) is 31.7. The molecule has 0 bridgehead atoms. The van der Waals surface area contributed by atoms with Crippen molar-refractivity contribution in [2.45, 2.75) is 0 Å². The van der Waals surface area contributed by atoms with Crippen molar-refractivity contribution in [3.05, 3.63) is 200 Å². The van der Waals surface area contributed by atoms with Gasteiger partial charge >= 0.3 is 0 Å². The third kappa shape index (κ3) is 5.09. The van der Waals surface area contributed by atoms with Crippen molar-refractivity contribution in [1.82, 2.24) is 0 Å². The summed E-state index contributed by atoms with van der Waals surface area (Å²) in [6.07, 6.45) is 2.07. The van der Waals surface area contributed by atoms with Crippen molar-refractivity contribution in [3.8, 4) is 33.4 Å². The Morgan fingerprint density at radius 3 is 1.47 bits per heavy atom. The Morgan fingerprint density at radius 2 is 0.810 bits per heavy atom. The van der Waals surface area contributed by atoms with E-state index in [4.69, 9.17) is 4.99 Å². The van der Waals surface area contributed by atoms with Gasteiger partial charge in [0.05, 0.1) is 17.9 Å². The van der Waals surface area contributed by atoms with Gasteiger partial charge in [0.15, 0.2) is 0 Å². The van der Waals surface area contributed by atoms with Crippen molar-refractivity contribution >= 4 is 87.9 Å².